The van der Waals surface area contributed by atoms with Crippen LogP contribution < -0.4 is 4.90 Å². The van der Waals surface area contributed by atoms with Crippen molar-refractivity contribution in [1.82, 2.24) is 18.5 Å². The van der Waals surface area contributed by atoms with Crippen molar-refractivity contribution < 1.29 is 4.42 Å². The molecule has 4 aromatic heterocycles. The molecule has 0 unspecified atom stereocenters. The molecule has 0 fully saturated rings. The molecule has 11 rings (SSSR count). The molecule has 51 heavy (non-hydrogen) atoms. The van der Waals surface area contributed by atoms with Gasteiger partial charge in [-0.3, -0.25) is 8.97 Å². The predicted molar refractivity (Wildman–Crippen MR) is 208 cm³/mol. The molecule has 7 aromatic carbocycles. The van der Waals surface area contributed by atoms with Crippen LogP contribution in [0.15, 0.2) is 180 Å². The Balaban J connectivity index is 1.09. The monoisotopic (exact) mass is 655 g/mol. The number of fused-ring (bicyclic) bond motifs is 9. The Labute approximate surface area is 292 Å². The second kappa shape index (κ2) is 10.7. The summed E-state index contributed by atoms with van der Waals surface area (Å²) in [6.45, 7) is 0. The number of nitrogens with zero attached hydrogens (tertiary/aromatic N) is 5. The van der Waals surface area contributed by atoms with Crippen molar-refractivity contribution in [3.63, 3.8) is 0 Å². The van der Waals surface area contributed by atoms with Crippen LogP contribution in [0.1, 0.15) is 0 Å². The molecule has 0 radical (unpaired) electrons. The van der Waals surface area contributed by atoms with Gasteiger partial charge in [-0.2, -0.15) is 4.98 Å². The van der Waals surface area contributed by atoms with Gasteiger partial charge in [0, 0.05) is 44.3 Å². The molecule has 0 atom stereocenters. The van der Waals surface area contributed by atoms with E-state index in [9.17, 15) is 0 Å². The molecule has 0 amide bonds. The molecule has 240 valence electrons. The van der Waals surface area contributed by atoms with Gasteiger partial charge in [0.15, 0.2) is 0 Å². The average Bonchev–Trinajstić information content (AvgIpc) is 3.93. The van der Waals surface area contributed by atoms with Gasteiger partial charge in [0.2, 0.25) is 5.88 Å². The van der Waals surface area contributed by atoms with Crippen molar-refractivity contribution in [3.05, 3.63) is 176 Å². The van der Waals surface area contributed by atoms with Crippen LogP contribution in [0.25, 0.3) is 72.1 Å². The number of para-hydroxylation sites is 5. The van der Waals surface area contributed by atoms with Crippen LogP contribution in [0, 0.1) is 0 Å². The molecule has 0 spiro atoms. The first-order valence-corrected chi connectivity index (χ1v) is 17.1. The van der Waals surface area contributed by atoms with E-state index in [2.05, 4.69) is 194 Å². The molecular formula is C45H29N5O. The Morgan fingerprint density at radius 3 is 1.59 bits per heavy atom. The fraction of sp³-hybridized carbons (Fsp3) is 0. The summed E-state index contributed by atoms with van der Waals surface area (Å²) in [5.74, 6) is 1.28. The van der Waals surface area contributed by atoms with Gasteiger partial charge < -0.3 is 13.9 Å². The molecule has 0 aliphatic rings. The third-order valence-corrected chi connectivity index (χ3v) is 10.1. The maximum Gasteiger partial charge on any atom is 0.308 e. The normalized spacial score (nSPS) is 11.9. The van der Waals surface area contributed by atoms with Crippen molar-refractivity contribution in [1.29, 1.82) is 0 Å². The van der Waals surface area contributed by atoms with E-state index < -0.39 is 0 Å². The summed E-state index contributed by atoms with van der Waals surface area (Å²) in [6.07, 6.45) is 2.06. The predicted octanol–water partition coefficient (Wildman–Crippen LogP) is 11.7. The highest BCUT2D eigenvalue weighted by Crippen LogP contribution is 2.39. The van der Waals surface area contributed by atoms with E-state index in [0.717, 1.165) is 50.7 Å². The molecule has 0 saturated carbocycles. The molecule has 0 aliphatic heterocycles. The zero-order valence-corrected chi connectivity index (χ0v) is 27.4. The van der Waals surface area contributed by atoms with Crippen LogP contribution >= 0.6 is 0 Å². The lowest BCUT2D eigenvalue weighted by atomic mass is 10.1. The van der Waals surface area contributed by atoms with Crippen LogP contribution in [0.2, 0.25) is 0 Å². The summed E-state index contributed by atoms with van der Waals surface area (Å²) >= 11 is 0. The van der Waals surface area contributed by atoms with Crippen LogP contribution in [0.3, 0.4) is 0 Å². The molecule has 11 aromatic rings. The number of hydrogen-bond donors (Lipinski definition) is 0. The highest BCUT2D eigenvalue weighted by molar-refractivity contribution is 6.10. The zero-order chi connectivity index (χ0) is 33.5. The van der Waals surface area contributed by atoms with Gasteiger partial charge in [0.1, 0.15) is 0 Å². The molecule has 6 heteroatoms. The smallest absolute Gasteiger partial charge is 0.308 e. The summed E-state index contributed by atoms with van der Waals surface area (Å²) in [4.78, 5) is 7.23. The molecule has 6 nitrogen and oxygen atoms in total. The maximum atomic E-state index is 6.51. The summed E-state index contributed by atoms with van der Waals surface area (Å²) in [5, 5.41) is 4.87. The first-order chi connectivity index (χ1) is 25.3. The Morgan fingerprint density at radius 2 is 0.961 bits per heavy atom. The number of benzene rings is 7. The number of aromatic nitrogens is 4. The number of anilines is 3. The number of imidazole rings is 1. The van der Waals surface area contributed by atoms with Crippen LogP contribution in [0.4, 0.5) is 17.1 Å². The highest BCUT2D eigenvalue weighted by atomic mass is 16.4. The van der Waals surface area contributed by atoms with E-state index >= 15 is 0 Å². The van der Waals surface area contributed by atoms with E-state index in [0.29, 0.717) is 5.84 Å². The summed E-state index contributed by atoms with van der Waals surface area (Å²) in [7, 11) is 0. The standard InChI is InChI=1S/C45H29N5O/c1-2-13-30(14-3-1)48(31-15-12-16-32(27-31)49-39-21-8-4-17-34(39)35-18-5-9-22-40(35)49)33-25-26-38-43(28-33)47-29-44(51-45(47)46-38)50-41-23-10-6-19-36(41)37-20-7-11-24-42(37)50/h1-29H. The van der Waals surface area contributed by atoms with Crippen molar-refractivity contribution in [3.8, 4) is 11.6 Å². The van der Waals surface area contributed by atoms with Gasteiger partial charge in [0.05, 0.1) is 39.3 Å². The van der Waals surface area contributed by atoms with Gasteiger partial charge in [-0.25, -0.2) is 0 Å². The summed E-state index contributed by atoms with van der Waals surface area (Å²) in [6, 6.07) is 60.0. The minimum atomic E-state index is 0.554. The fourth-order valence-corrected chi connectivity index (χ4v) is 7.88. The molecule has 0 N–H and O–H groups in total. The molecular weight excluding hydrogens is 627 g/mol. The minimum absolute atomic E-state index is 0.554. The van der Waals surface area contributed by atoms with Gasteiger partial charge >= 0.3 is 5.84 Å². The second-order valence-corrected chi connectivity index (χ2v) is 12.9. The molecule has 0 bridgehead atoms. The quantitative estimate of drug-likeness (QED) is 0.185. The van der Waals surface area contributed by atoms with E-state index in [1.165, 1.54) is 32.6 Å². The van der Waals surface area contributed by atoms with E-state index in [1.807, 2.05) is 0 Å². The Bertz CT molecular complexity index is 3000. The Kier molecular flexibility index (Phi) is 5.86. The van der Waals surface area contributed by atoms with E-state index in [-0.39, 0.29) is 0 Å². The largest absolute Gasteiger partial charge is 0.406 e. The van der Waals surface area contributed by atoms with E-state index in [4.69, 9.17) is 9.40 Å². The van der Waals surface area contributed by atoms with Gasteiger partial charge in [-0.05, 0) is 72.8 Å². The van der Waals surface area contributed by atoms with Crippen molar-refractivity contribution >= 4 is 77.6 Å². The summed E-state index contributed by atoms with van der Waals surface area (Å²) < 4.78 is 13.1. The second-order valence-electron chi connectivity index (χ2n) is 12.9. The highest BCUT2D eigenvalue weighted by Gasteiger charge is 2.20. The Hall–Kier alpha value is -7.05. The van der Waals surface area contributed by atoms with Crippen molar-refractivity contribution in [2.75, 3.05) is 4.90 Å². The zero-order valence-electron chi connectivity index (χ0n) is 27.4. The lowest BCUT2D eigenvalue weighted by Crippen LogP contribution is -2.10. The van der Waals surface area contributed by atoms with Gasteiger partial charge in [-0.15, -0.1) is 0 Å². The third-order valence-electron chi connectivity index (χ3n) is 10.1. The van der Waals surface area contributed by atoms with Gasteiger partial charge in [-0.1, -0.05) is 97.1 Å². The summed E-state index contributed by atoms with van der Waals surface area (Å²) in [5.41, 5.74) is 10.6. The SMILES string of the molecule is c1ccc(N(c2cccc(-n3c4ccccc4c4ccccc43)c2)c2ccc3nc4oc(-n5c6ccccc6c6ccccc65)cn4c3c2)cc1. The Morgan fingerprint density at radius 1 is 0.431 bits per heavy atom. The van der Waals surface area contributed by atoms with Crippen molar-refractivity contribution in [2.24, 2.45) is 0 Å². The van der Waals surface area contributed by atoms with E-state index in [1.54, 1.807) is 0 Å². The molecule has 0 aliphatic carbocycles. The van der Waals surface area contributed by atoms with Crippen LogP contribution in [-0.2, 0) is 0 Å². The average molecular weight is 656 g/mol. The molecule has 0 saturated heterocycles. The number of hydrogen-bond acceptors (Lipinski definition) is 3. The third kappa shape index (κ3) is 4.14. The molecule has 4 heterocycles. The first kappa shape index (κ1) is 27.9. The topological polar surface area (TPSA) is 43.5 Å². The maximum absolute atomic E-state index is 6.51. The lowest BCUT2D eigenvalue weighted by molar-refractivity contribution is 0.574. The van der Waals surface area contributed by atoms with Crippen LogP contribution in [-0.4, -0.2) is 18.5 Å². The lowest BCUT2D eigenvalue weighted by Gasteiger charge is -2.26. The van der Waals surface area contributed by atoms with Crippen LogP contribution in [0.5, 0.6) is 0 Å². The van der Waals surface area contributed by atoms with Gasteiger partial charge in [0.25, 0.3) is 0 Å². The number of rotatable bonds is 5. The number of oxazole rings is 1. The fourth-order valence-electron chi connectivity index (χ4n) is 7.88. The minimum Gasteiger partial charge on any atom is -0.406 e. The first-order valence-electron chi connectivity index (χ1n) is 17.1. The van der Waals surface area contributed by atoms with Crippen molar-refractivity contribution in [2.45, 2.75) is 0 Å².